The Morgan fingerprint density at radius 3 is 2.58 bits per heavy atom. The van der Waals surface area contributed by atoms with E-state index in [1.807, 2.05) is 24.9 Å². The van der Waals surface area contributed by atoms with Gasteiger partial charge in [0.1, 0.15) is 11.6 Å². The second-order valence-corrected chi connectivity index (χ2v) is 5.98. The number of nitrogens with one attached hydrogen (secondary N) is 2. The first-order valence-corrected chi connectivity index (χ1v) is 8.36. The monoisotopic (exact) mass is 357 g/mol. The standard InChI is InChI=1S/C19H24FN5O/c1-14-4-9-17(23-12-14)24-18(26)10-11-22-19(21-2)25(3)13-15-5-7-16(20)8-6-15/h4-9,12H,10-11,13H2,1-3H3,(H,21,22)(H,23,24,26). The Labute approximate surface area is 153 Å². The summed E-state index contributed by atoms with van der Waals surface area (Å²) in [4.78, 5) is 22.2. The second kappa shape index (κ2) is 9.50. The van der Waals surface area contributed by atoms with Gasteiger partial charge in [0.2, 0.25) is 5.91 Å². The van der Waals surface area contributed by atoms with Crippen molar-refractivity contribution >= 4 is 17.7 Å². The van der Waals surface area contributed by atoms with Gasteiger partial charge in [0.25, 0.3) is 0 Å². The molecule has 2 rings (SSSR count). The normalized spacial score (nSPS) is 11.2. The summed E-state index contributed by atoms with van der Waals surface area (Å²) in [6.45, 7) is 2.97. The molecule has 0 unspecified atom stereocenters. The molecule has 0 spiro atoms. The van der Waals surface area contributed by atoms with Crippen LogP contribution in [0.15, 0.2) is 47.6 Å². The Kier molecular flexibility index (Phi) is 7.08. The smallest absolute Gasteiger partial charge is 0.227 e. The SMILES string of the molecule is CN=C(NCCC(=O)Nc1ccc(C)cn1)N(C)Cc1ccc(F)cc1. The number of hydrogen-bond donors (Lipinski definition) is 2. The van der Waals surface area contributed by atoms with E-state index in [0.29, 0.717) is 31.3 Å². The Morgan fingerprint density at radius 1 is 1.23 bits per heavy atom. The maximum atomic E-state index is 13.0. The lowest BCUT2D eigenvalue weighted by Gasteiger charge is -2.22. The molecule has 0 fully saturated rings. The number of amides is 1. The van der Waals surface area contributed by atoms with Gasteiger partial charge in [-0.2, -0.15) is 0 Å². The highest BCUT2D eigenvalue weighted by Crippen LogP contribution is 2.06. The van der Waals surface area contributed by atoms with Crippen molar-refractivity contribution < 1.29 is 9.18 Å². The van der Waals surface area contributed by atoms with Crippen molar-refractivity contribution in [2.75, 3.05) is 26.0 Å². The van der Waals surface area contributed by atoms with Crippen molar-refractivity contribution in [3.63, 3.8) is 0 Å². The Morgan fingerprint density at radius 2 is 1.96 bits per heavy atom. The molecular weight excluding hydrogens is 333 g/mol. The minimum absolute atomic E-state index is 0.120. The van der Waals surface area contributed by atoms with E-state index in [9.17, 15) is 9.18 Å². The fourth-order valence-electron chi connectivity index (χ4n) is 2.36. The van der Waals surface area contributed by atoms with Crippen LogP contribution in [0.5, 0.6) is 0 Å². The summed E-state index contributed by atoms with van der Waals surface area (Å²) in [6.07, 6.45) is 2.00. The van der Waals surface area contributed by atoms with Crippen LogP contribution in [0, 0.1) is 12.7 Å². The number of aromatic nitrogens is 1. The van der Waals surface area contributed by atoms with Gasteiger partial charge >= 0.3 is 0 Å². The van der Waals surface area contributed by atoms with Crippen LogP contribution in [0.4, 0.5) is 10.2 Å². The summed E-state index contributed by atoms with van der Waals surface area (Å²) in [5.74, 6) is 0.826. The summed E-state index contributed by atoms with van der Waals surface area (Å²) in [5.41, 5.74) is 2.01. The molecule has 6 nitrogen and oxygen atoms in total. The third kappa shape index (κ3) is 6.16. The van der Waals surface area contributed by atoms with Crippen molar-refractivity contribution in [2.24, 2.45) is 4.99 Å². The van der Waals surface area contributed by atoms with Gasteiger partial charge in [0.05, 0.1) is 0 Å². The molecule has 0 aliphatic heterocycles. The van der Waals surface area contributed by atoms with Crippen LogP contribution in [-0.2, 0) is 11.3 Å². The number of anilines is 1. The number of guanidine groups is 1. The average molecular weight is 357 g/mol. The largest absolute Gasteiger partial charge is 0.356 e. The molecule has 2 aromatic rings. The van der Waals surface area contributed by atoms with E-state index in [1.165, 1.54) is 12.1 Å². The van der Waals surface area contributed by atoms with Gasteiger partial charge in [-0.3, -0.25) is 9.79 Å². The zero-order valence-corrected chi connectivity index (χ0v) is 15.3. The van der Waals surface area contributed by atoms with Gasteiger partial charge < -0.3 is 15.5 Å². The van der Waals surface area contributed by atoms with Gasteiger partial charge in [-0.1, -0.05) is 18.2 Å². The fourth-order valence-corrected chi connectivity index (χ4v) is 2.36. The fraction of sp³-hybridized carbons (Fsp3) is 0.316. The topological polar surface area (TPSA) is 69.6 Å². The van der Waals surface area contributed by atoms with E-state index in [0.717, 1.165) is 11.1 Å². The maximum absolute atomic E-state index is 13.0. The van der Waals surface area contributed by atoms with Gasteiger partial charge in [-0.05, 0) is 36.2 Å². The minimum atomic E-state index is -0.256. The first-order chi connectivity index (χ1) is 12.5. The number of aryl methyl sites for hydroxylation is 1. The molecule has 1 aromatic heterocycles. The van der Waals surface area contributed by atoms with E-state index in [2.05, 4.69) is 20.6 Å². The highest BCUT2D eigenvalue weighted by Gasteiger charge is 2.08. The van der Waals surface area contributed by atoms with Crippen molar-refractivity contribution in [1.29, 1.82) is 0 Å². The number of rotatable bonds is 6. The number of hydrogen-bond acceptors (Lipinski definition) is 3. The average Bonchev–Trinajstić information content (AvgIpc) is 2.62. The molecule has 0 saturated carbocycles. The number of carbonyl (C=O) groups excluding carboxylic acids is 1. The molecule has 7 heteroatoms. The lowest BCUT2D eigenvalue weighted by molar-refractivity contribution is -0.116. The molecule has 2 N–H and O–H groups in total. The number of aliphatic imine (C=N–C) groups is 1. The first-order valence-electron chi connectivity index (χ1n) is 8.36. The van der Waals surface area contributed by atoms with Crippen molar-refractivity contribution in [1.82, 2.24) is 15.2 Å². The van der Waals surface area contributed by atoms with E-state index >= 15 is 0 Å². The Hall–Kier alpha value is -2.96. The van der Waals surface area contributed by atoms with Crippen LogP contribution >= 0.6 is 0 Å². The van der Waals surface area contributed by atoms with Gasteiger partial charge in [-0.25, -0.2) is 9.37 Å². The summed E-state index contributed by atoms with van der Waals surface area (Å²) >= 11 is 0. The number of pyridine rings is 1. The number of nitrogens with zero attached hydrogens (tertiary/aromatic N) is 3. The van der Waals surface area contributed by atoms with E-state index < -0.39 is 0 Å². The number of benzene rings is 1. The molecule has 138 valence electrons. The molecule has 0 aliphatic carbocycles. The van der Waals surface area contributed by atoms with Gasteiger partial charge in [-0.15, -0.1) is 0 Å². The van der Waals surface area contributed by atoms with E-state index in [-0.39, 0.29) is 11.7 Å². The lowest BCUT2D eigenvalue weighted by Crippen LogP contribution is -2.39. The third-order valence-electron chi connectivity index (χ3n) is 3.72. The van der Waals surface area contributed by atoms with Crippen LogP contribution in [0.3, 0.4) is 0 Å². The highest BCUT2D eigenvalue weighted by atomic mass is 19.1. The van der Waals surface area contributed by atoms with Crippen LogP contribution in [0.1, 0.15) is 17.5 Å². The molecule has 0 radical (unpaired) electrons. The number of carbonyl (C=O) groups is 1. The molecule has 0 bridgehead atoms. The molecule has 0 saturated heterocycles. The molecule has 1 aromatic carbocycles. The Bertz CT molecular complexity index is 744. The van der Waals surface area contributed by atoms with Crippen LogP contribution in [-0.4, -0.2) is 42.4 Å². The second-order valence-electron chi connectivity index (χ2n) is 5.98. The number of halogens is 1. The zero-order chi connectivity index (χ0) is 18.9. The van der Waals surface area contributed by atoms with Gasteiger partial charge in [0, 0.05) is 39.8 Å². The van der Waals surface area contributed by atoms with Crippen LogP contribution in [0.2, 0.25) is 0 Å². The molecule has 0 atom stereocenters. The van der Waals surface area contributed by atoms with E-state index in [1.54, 1.807) is 31.4 Å². The maximum Gasteiger partial charge on any atom is 0.227 e. The minimum Gasteiger partial charge on any atom is -0.356 e. The lowest BCUT2D eigenvalue weighted by atomic mass is 10.2. The first kappa shape index (κ1) is 19.4. The van der Waals surface area contributed by atoms with Crippen LogP contribution in [0.25, 0.3) is 0 Å². The third-order valence-corrected chi connectivity index (χ3v) is 3.72. The van der Waals surface area contributed by atoms with Crippen molar-refractivity contribution in [3.8, 4) is 0 Å². The van der Waals surface area contributed by atoms with Crippen molar-refractivity contribution in [2.45, 2.75) is 19.9 Å². The quantitative estimate of drug-likeness (QED) is 0.616. The van der Waals surface area contributed by atoms with Crippen LogP contribution < -0.4 is 10.6 Å². The predicted molar refractivity (Wildman–Crippen MR) is 101 cm³/mol. The molecule has 1 amide bonds. The van der Waals surface area contributed by atoms with E-state index in [4.69, 9.17) is 0 Å². The Balaban J connectivity index is 1.77. The predicted octanol–water partition coefficient (Wildman–Crippen LogP) is 2.57. The summed E-state index contributed by atoms with van der Waals surface area (Å²) in [7, 11) is 3.56. The van der Waals surface area contributed by atoms with Crippen molar-refractivity contribution in [3.05, 3.63) is 59.5 Å². The summed E-state index contributed by atoms with van der Waals surface area (Å²) in [5, 5.41) is 5.90. The molecular formula is C19H24FN5O. The highest BCUT2D eigenvalue weighted by molar-refractivity contribution is 5.90. The molecule has 1 heterocycles. The van der Waals surface area contributed by atoms with Gasteiger partial charge in [0.15, 0.2) is 5.96 Å². The summed E-state index contributed by atoms with van der Waals surface area (Å²) in [6, 6.07) is 10.0. The summed E-state index contributed by atoms with van der Waals surface area (Å²) < 4.78 is 13.0. The zero-order valence-electron chi connectivity index (χ0n) is 15.3. The molecule has 0 aliphatic rings. The molecule has 26 heavy (non-hydrogen) atoms.